The van der Waals surface area contributed by atoms with Gasteiger partial charge in [-0.15, -0.1) is 0 Å². The average molecular weight is 344 g/mol. The van der Waals surface area contributed by atoms with Crippen LogP contribution in [-0.2, 0) is 28.2 Å². The largest absolute Gasteiger partial charge is 0.465 e. The van der Waals surface area contributed by atoms with Crippen LogP contribution in [0, 0.1) is 6.92 Å². The Morgan fingerprint density at radius 2 is 2.20 bits per heavy atom. The maximum atomic E-state index is 12.1. The van der Waals surface area contributed by atoms with E-state index >= 15 is 0 Å². The Morgan fingerprint density at radius 3 is 2.88 bits per heavy atom. The molecule has 2 aromatic heterocycles. The highest BCUT2D eigenvalue weighted by Crippen LogP contribution is 2.40. The number of nitrogens with zero attached hydrogens (tertiary/aromatic N) is 3. The van der Waals surface area contributed by atoms with E-state index in [1.165, 1.54) is 0 Å². The van der Waals surface area contributed by atoms with Crippen molar-refractivity contribution < 1.29 is 13.9 Å². The number of aromatic nitrogens is 2. The Kier molecular flexibility index (Phi) is 4.13. The fraction of sp³-hybridized carbons (Fsp3) is 0.556. The highest BCUT2D eigenvalue weighted by molar-refractivity contribution is 5.80. The topological polar surface area (TPSA) is 72.5 Å². The monoisotopic (exact) mass is 344 g/mol. The van der Waals surface area contributed by atoms with Crippen molar-refractivity contribution in [3.05, 3.63) is 41.9 Å². The predicted molar refractivity (Wildman–Crippen MR) is 90.8 cm³/mol. The van der Waals surface area contributed by atoms with Gasteiger partial charge in [0.1, 0.15) is 22.9 Å². The van der Waals surface area contributed by atoms with E-state index in [9.17, 15) is 4.79 Å². The normalized spacial score (nSPS) is 22.7. The number of ether oxygens (including phenoxy) is 1. The van der Waals surface area contributed by atoms with Gasteiger partial charge in [0, 0.05) is 32.5 Å². The first-order valence-corrected chi connectivity index (χ1v) is 8.78. The molecule has 0 saturated carbocycles. The number of carbonyl (C=O) groups is 1. The zero-order valence-corrected chi connectivity index (χ0v) is 14.7. The van der Waals surface area contributed by atoms with Gasteiger partial charge in [0.25, 0.3) is 5.91 Å². The van der Waals surface area contributed by atoms with E-state index in [1.54, 1.807) is 13.2 Å². The van der Waals surface area contributed by atoms with Crippen molar-refractivity contribution >= 4 is 5.91 Å². The molecule has 1 saturated heterocycles. The third-order valence-corrected chi connectivity index (χ3v) is 5.23. The molecule has 0 aromatic carbocycles. The minimum atomic E-state index is -0.478. The summed E-state index contributed by atoms with van der Waals surface area (Å²) in [6.45, 7) is 5.05. The number of aryl methyl sites for hydroxylation is 1. The van der Waals surface area contributed by atoms with Gasteiger partial charge in [-0.3, -0.25) is 9.69 Å². The molecule has 2 aliphatic heterocycles. The fourth-order valence-corrected chi connectivity index (χ4v) is 3.90. The summed E-state index contributed by atoms with van der Waals surface area (Å²) in [6.07, 6.45) is 4.90. The highest BCUT2D eigenvalue weighted by Gasteiger charge is 2.46. The van der Waals surface area contributed by atoms with E-state index in [1.807, 2.05) is 25.3 Å². The van der Waals surface area contributed by atoms with Gasteiger partial charge in [-0.2, -0.15) is 0 Å². The van der Waals surface area contributed by atoms with Gasteiger partial charge in [0.05, 0.1) is 13.1 Å². The van der Waals surface area contributed by atoms with E-state index < -0.39 is 11.7 Å². The quantitative estimate of drug-likeness (QED) is 0.912. The Hall–Kier alpha value is -2.12. The molecule has 25 heavy (non-hydrogen) atoms. The average Bonchev–Trinajstić information content (AvgIpc) is 3.25. The van der Waals surface area contributed by atoms with Gasteiger partial charge in [-0.25, -0.2) is 4.98 Å². The van der Waals surface area contributed by atoms with Crippen LogP contribution in [0.4, 0.5) is 0 Å². The Morgan fingerprint density at radius 1 is 1.40 bits per heavy atom. The number of furan rings is 1. The molecule has 1 N–H and O–H groups in total. The van der Waals surface area contributed by atoms with Crippen LogP contribution in [0.2, 0.25) is 0 Å². The molecule has 7 heteroatoms. The summed E-state index contributed by atoms with van der Waals surface area (Å²) in [7, 11) is 1.65. The molecule has 7 nitrogen and oxygen atoms in total. The van der Waals surface area contributed by atoms with E-state index in [0.29, 0.717) is 6.54 Å². The smallest absolute Gasteiger partial charge is 0.250 e. The van der Waals surface area contributed by atoms with Crippen molar-refractivity contribution in [1.82, 2.24) is 19.8 Å². The van der Waals surface area contributed by atoms with Gasteiger partial charge in [0.2, 0.25) is 0 Å². The minimum Gasteiger partial charge on any atom is -0.465 e. The van der Waals surface area contributed by atoms with Gasteiger partial charge in [-0.05, 0) is 31.9 Å². The number of rotatable bonds is 3. The molecule has 1 atom stereocenters. The molecule has 0 unspecified atom stereocenters. The Balaban J connectivity index is 1.50. The second-order valence-electron chi connectivity index (χ2n) is 6.91. The van der Waals surface area contributed by atoms with Crippen molar-refractivity contribution in [2.24, 2.45) is 0 Å². The molecule has 4 heterocycles. The number of hydrogen-bond donors (Lipinski definition) is 1. The molecule has 1 spiro atoms. The van der Waals surface area contributed by atoms with Gasteiger partial charge < -0.3 is 19.0 Å². The first kappa shape index (κ1) is 16.4. The summed E-state index contributed by atoms with van der Waals surface area (Å²) in [4.78, 5) is 19.0. The molecule has 2 aliphatic rings. The lowest BCUT2D eigenvalue weighted by Crippen LogP contribution is -2.53. The van der Waals surface area contributed by atoms with E-state index in [2.05, 4.69) is 19.8 Å². The van der Waals surface area contributed by atoms with Crippen molar-refractivity contribution in [2.75, 3.05) is 20.1 Å². The summed E-state index contributed by atoms with van der Waals surface area (Å²) < 4.78 is 14.1. The van der Waals surface area contributed by atoms with Gasteiger partial charge in [0.15, 0.2) is 6.10 Å². The number of piperidine rings is 1. The van der Waals surface area contributed by atoms with Crippen LogP contribution in [0.5, 0.6) is 0 Å². The molecular formula is C18H24N4O3. The Bertz CT molecular complexity index is 758. The maximum Gasteiger partial charge on any atom is 0.250 e. The van der Waals surface area contributed by atoms with Crippen molar-refractivity contribution in [2.45, 2.75) is 44.6 Å². The van der Waals surface area contributed by atoms with Crippen molar-refractivity contribution in [3.8, 4) is 0 Å². The molecule has 2 aromatic rings. The maximum absolute atomic E-state index is 12.1. The van der Waals surface area contributed by atoms with Crippen LogP contribution in [0.15, 0.2) is 28.9 Å². The highest BCUT2D eigenvalue weighted by atomic mass is 16.5. The first-order chi connectivity index (χ1) is 12.1. The summed E-state index contributed by atoms with van der Waals surface area (Å²) in [5.74, 6) is 2.80. The number of nitrogens with one attached hydrogen (secondary N) is 1. The molecule has 4 rings (SSSR count). The zero-order chi connectivity index (χ0) is 17.4. The zero-order valence-electron chi connectivity index (χ0n) is 14.7. The SMILES string of the molecule is CNC(=O)[C@@H]1Cn2ccnc2C2(CCN(Cc3ccc(C)o3)CC2)O1. The first-order valence-electron chi connectivity index (χ1n) is 8.78. The summed E-state index contributed by atoms with van der Waals surface area (Å²) in [5.41, 5.74) is -0.478. The second kappa shape index (κ2) is 6.31. The van der Waals surface area contributed by atoms with Crippen LogP contribution in [0.1, 0.15) is 30.2 Å². The summed E-state index contributed by atoms with van der Waals surface area (Å²) in [5, 5.41) is 2.70. The Labute approximate surface area is 147 Å². The minimum absolute atomic E-state index is 0.0767. The fourth-order valence-electron chi connectivity index (χ4n) is 3.90. The van der Waals surface area contributed by atoms with E-state index in [4.69, 9.17) is 9.15 Å². The third kappa shape index (κ3) is 2.98. The number of carbonyl (C=O) groups excluding carboxylic acids is 1. The van der Waals surface area contributed by atoms with E-state index in [0.717, 1.165) is 49.8 Å². The number of likely N-dealkylation sites (N-methyl/N-ethyl adjacent to an activating group) is 1. The molecule has 134 valence electrons. The number of imidazole rings is 1. The van der Waals surface area contributed by atoms with Crippen LogP contribution >= 0.6 is 0 Å². The van der Waals surface area contributed by atoms with Gasteiger partial charge in [-0.1, -0.05) is 0 Å². The standard InChI is InChI=1S/C18H24N4O3/c1-13-3-4-14(24-13)11-21-8-5-18(6-9-21)17-20-7-10-22(17)12-15(25-18)16(23)19-2/h3-4,7,10,15H,5-6,8-9,11-12H2,1-2H3,(H,19,23)/t15-/m0/s1. The van der Waals surface area contributed by atoms with Crippen LogP contribution < -0.4 is 5.32 Å². The molecule has 0 bridgehead atoms. The number of fused-ring (bicyclic) bond motifs is 2. The van der Waals surface area contributed by atoms with Gasteiger partial charge >= 0.3 is 0 Å². The lowest BCUT2D eigenvalue weighted by Gasteiger charge is -2.45. The molecule has 1 fully saturated rings. The second-order valence-corrected chi connectivity index (χ2v) is 6.91. The number of amides is 1. The van der Waals surface area contributed by atoms with Crippen molar-refractivity contribution in [1.29, 1.82) is 0 Å². The van der Waals surface area contributed by atoms with Crippen molar-refractivity contribution in [3.63, 3.8) is 0 Å². The summed E-state index contributed by atoms with van der Waals surface area (Å²) >= 11 is 0. The van der Waals surface area contributed by atoms with Crippen LogP contribution in [0.3, 0.4) is 0 Å². The number of hydrogen-bond acceptors (Lipinski definition) is 5. The lowest BCUT2D eigenvalue weighted by molar-refractivity contribution is -0.173. The van der Waals surface area contributed by atoms with Crippen LogP contribution in [0.25, 0.3) is 0 Å². The van der Waals surface area contributed by atoms with Crippen LogP contribution in [-0.4, -0.2) is 46.6 Å². The molecule has 0 radical (unpaired) electrons. The lowest BCUT2D eigenvalue weighted by atomic mass is 9.88. The number of likely N-dealkylation sites (tertiary alicyclic amines) is 1. The third-order valence-electron chi connectivity index (χ3n) is 5.23. The molecule has 1 amide bonds. The predicted octanol–water partition coefficient (Wildman–Crippen LogP) is 1.42. The molecule has 0 aliphatic carbocycles. The summed E-state index contributed by atoms with van der Waals surface area (Å²) in [6, 6.07) is 4.03. The molecular weight excluding hydrogens is 320 g/mol. The van der Waals surface area contributed by atoms with E-state index in [-0.39, 0.29) is 5.91 Å².